The van der Waals surface area contributed by atoms with Crippen molar-refractivity contribution in [2.45, 2.75) is 39.3 Å². The van der Waals surface area contributed by atoms with Crippen LogP contribution in [0.5, 0.6) is 5.75 Å². The van der Waals surface area contributed by atoms with Gasteiger partial charge in [0.05, 0.1) is 18.1 Å². The normalized spacial score (nSPS) is 12.6. The van der Waals surface area contributed by atoms with Gasteiger partial charge >= 0.3 is 0 Å². The van der Waals surface area contributed by atoms with Crippen molar-refractivity contribution in [3.05, 3.63) is 70.8 Å². The maximum atomic E-state index is 13.5. The second-order valence-corrected chi connectivity index (χ2v) is 8.05. The molecular formula is C25H25N5O2. The lowest BCUT2D eigenvalue weighted by Gasteiger charge is -2.12. The van der Waals surface area contributed by atoms with Crippen LogP contribution < -0.4 is 10.3 Å². The molecule has 0 spiro atoms. The van der Waals surface area contributed by atoms with E-state index in [0.29, 0.717) is 28.7 Å². The predicted molar refractivity (Wildman–Crippen MR) is 126 cm³/mol. The standard InChI is InChI=1S/C25H25N5O2/c1-4-16(2)30-15-26-23-21(25(30)31)22-24(28-20-8-6-5-7-19(20)27-22)29(23)14-13-17-9-11-18(32-3)12-10-17/h5-12,15-16H,4,13-14H2,1-3H3/t16-/m1/s1. The zero-order valence-corrected chi connectivity index (χ0v) is 18.4. The van der Waals surface area contributed by atoms with Crippen molar-refractivity contribution in [1.82, 2.24) is 24.1 Å². The van der Waals surface area contributed by atoms with Gasteiger partial charge in [0.1, 0.15) is 23.0 Å². The Labute approximate surface area is 185 Å². The molecule has 0 bridgehead atoms. The molecule has 0 saturated carbocycles. The molecule has 0 saturated heterocycles. The molecule has 0 radical (unpaired) electrons. The van der Waals surface area contributed by atoms with Crippen LogP contribution in [0.3, 0.4) is 0 Å². The van der Waals surface area contributed by atoms with E-state index in [1.54, 1.807) is 18.0 Å². The highest BCUT2D eigenvalue weighted by Crippen LogP contribution is 2.26. The summed E-state index contributed by atoms with van der Waals surface area (Å²) in [6.07, 6.45) is 3.27. The van der Waals surface area contributed by atoms with Crippen molar-refractivity contribution in [3.63, 3.8) is 0 Å². The first-order valence-electron chi connectivity index (χ1n) is 10.9. The number of aryl methyl sites for hydroxylation is 2. The minimum absolute atomic E-state index is 0.0607. The summed E-state index contributed by atoms with van der Waals surface area (Å²) < 4.78 is 8.98. The number of methoxy groups -OCH3 is 1. The highest BCUT2D eigenvalue weighted by atomic mass is 16.5. The average Bonchev–Trinajstić information content (AvgIpc) is 3.14. The molecule has 3 aromatic heterocycles. The Morgan fingerprint density at radius 3 is 2.41 bits per heavy atom. The monoisotopic (exact) mass is 427 g/mol. The Morgan fingerprint density at radius 1 is 1.00 bits per heavy atom. The van der Waals surface area contributed by atoms with E-state index in [1.165, 1.54) is 5.56 Å². The van der Waals surface area contributed by atoms with Crippen molar-refractivity contribution in [3.8, 4) is 5.75 Å². The van der Waals surface area contributed by atoms with E-state index in [2.05, 4.69) is 19.1 Å². The summed E-state index contributed by atoms with van der Waals surface area (Å²) in [5, 5.41) is 0.538. The van der Waals surface area contributed by atoms with Crippen molar-refractivity contribution in [2.24, 2.45) is 0 Å². The fraction of sp³-hybridized carbons (Fsp3) is 0.280. The van der Waals surface area contributed by atoms with E-state index >= 15 is 0 Å². The number of aromatic nitrogens is 5. The van der Waals surface area contributed by atoms with Gasteiger partial charge in [0.2, 0.25) is 0 Å². The van der Waals surface area contributed by atoms with Crippen LogP contribution in [-0.4, -0.2) is 31.2 Å². The molecule has 3 heterocycles. The Morgan fingerprint density at radius 2 is 1.72 bits per heavy atom. The minimum atomic E-state index is -0.0675. The molecule has 0 aliphatic carbocycles. The van der Waals surface area contributed by atoms with E-state index in [9.17, 15) is 4.79 Å². The van der Waals surface area contributed by atoms with Crippen LogP contribution in [0.25, 0.3) is 33.2 Å². The van der Waals surface area contributed by atoms with Crippen molar-refractivity contribution >= 4 is 33.2 Å². The number of nitrogens with zero attached hydrogens (tertiary/aromatic N) is 5. The van der Waals surface area contributed by atoms with Crippen molar-refractivity contribution in [1.29, 1.82) is 0 Å². The lowest BCUT2D eigenvalue weighted by molar-refractivity contribution is 0.414. The predicted octanol–water partition coefficient (Wildman–Crippen LogP) is 4.52. The van der Waals surface area contributed by atoms with E-state index in [-0.39, 0.29) is 11.6 Å². The smallest absolute Gasteiger partial charge is 0.265 e. The minimum Gasteiger partial charge on any atom is -0.497 e. The molecule has 5 aromatic rings. The van der Waals surface area contributed by atoms with E-state index in [4.69, 9.17) is 19.7 Å². The number of hydrogen-bond donors (Lipinski definition) is 0. The number of benzene rings is 2. The Balaban J connectivity index is 1.71. The van der Waals surface area contributed by atoms with Crippen molar-refractivity contribution in [2.75, 3.05) is 7.11 Å². The number of ether oxygens (including phenoxy) is 1. The van der Waals surface area contributed by atoms with Crippen LogP contribution in [0.15, 0.2) is 59.7 Å². The van der Waals surface area contributed by atoms with Gasteiger partial charge in [-0.25, -0.2) is 15.0 Å². The molecule has 0 fully saturated rings. The maximum Gasteiger partial charge on any atom is 0.265 e. The largest absolute Gasteiger partial charge is 0.497 e. The number of para-hydroxylation sites is 2. The Hall–Kier alpha value is -3.74. The first-order valence-corrected chi connectivity index (χ1v) is 10.9. The van der Waals surface area contributed by atoms with Crippen LogP contribution in [0.4, 0.5) is 0 Å². The first-order chi connectivity index (χ1) is 15.6. The topological polar surface area (TPSA) is 74.8 Å². The summed E-state index contributed by atoms with van der Waals surface area (Å²) >= 11 is 0. The van der Waals surface area contributed by atoms with Crippen LogP contribution in [-0.2, 0) is 13.0 Å². The second-order valence-electron chi connectivity index (χ2n) is 8.05. The molecule has 7 nitrogen and oxygen atoms in total. The molecule has 7 heteroatoms. The van der Waals surface area contributed by atoms with Gasteiger partial charge in [-0.3, -0.25) is 9.36 Å². The van der Waals surface area contributed by atoms with E-state index < -0.39 is 0 Å². The third kappa shape index (κ3) is 3.30. The Kier molecular flexibility index (Phi) is 5.09. The fourth-order valence-corrected chi connectivity index (χ4v) is 4.07. The molecule has 1 atom stereocenters. The SMILES string of the molecule is CC[C@@H](C)n1cnc2c(c1=O)c1nc3ccccc3nc1n2CCc1ccc(OC)cc1. The zero-order valence-electron chi connectivity index (χ0n) is 18.4. The van der Waals surface area contributed by atoms with Gasteiger partial charge in [-0.05, 0) is 49.6 Å². The third-order valence-electron chi connectivity index (χ3n) is 6.13. The molecule has 5 rings (SSSR count). The number of rotatable bonds is 6. The van der Waals surface area contributed by atoms with Gasteiger partial charge in [0, 0.05) is 12.6 Å². The summed E-state index contributed by atoms with van der Waals surface area (Å²) in [5.41, 5.74) is 4.61. The maximum absolute atomic E-state index is 13.5. The highest BCUT2D eigenvalue weighted by molar-refractivity contribution is 6.04. The molecule has 0 N–H and O–H groups in total. The van der Waals surface area contributed by atoms with Gasteiger partial charge in [-0.15, -0.1) is 0 Å². The van der Waals surface area contributed by atoms with Gasteiger partial charge in [0.25, 0.3) is 5.56 Å². The fourth-order valence-electron chi connectivity index (χ4n) is 4.07. The molecule has 162 valence electrons. The summed E-state index contributed by atoms with van der Waals surface area (Å²) in [6.45, 7) is 4.73. The van der Waals surface area contributed by atoms with Crippen LogP contribution in [0.1, 0.15) is 31.9 Å². The quantitative estimate of drug-likeness (QED) is 0.398. The molecule has 32 heavy (non-hydrogen) atoms. The Bertz CT molecular complexity index is 1480. The van der Waals surface area contributed by atoms with Gasteiger partial charge in [-0.1, -0.05) is 31.2 Å². The molecular weight excluding hydrogens is 402 g/mol. The molecule has 0 amide bonds. The summed E-state index contributed by atoms with van der Waals surface area (Å²) in [4.78, 5) is 27.9. The third-order valence-corrected chi connectivity index (χ3v) is 6.13. The van der Waals surface area contributed by atoms with Crippen molar-refractivity contribution < 1.29 is 4.74 Å². The van der Waals surface area contributed by atoms with Crippen LogP contribution in [0, 0.1) is 0 Å². The zero-order chi connectivity index (χ0) is 22.2. The van der Waals surface area contributed by atoms with Crippen LogP contribution in [0.2, 0.25) is 0 Å². The van der Waals surface area contributed by atoms with Gasteiger partial charge < -0.3 is 9.30 Å². The lowest BCUT2D eigenvalue weighted by Crippen LogP contribution is -2.23. The average molecular weight is 428 g/mol. The summed E-state index contributed by atoms with van der Waals surface area (Å²) in [7, 11) is 1.66. The first kappa shape index (κ1) is 20.2. The summed E-state index contributed by atoms with van der Waals surface area (Å²) in [5.74, 6) is 0.829. The molecule has 2 aromatic carbocycles. The van der Waals surface area contributed by atoms with Crippen LogP contribution >= 0.6 is 0 Å². The van der Waals surface area contributed by atoms with E-state index in [0.717, 1.165) is 29.6 Å². The second kappa shape index (κ2) is 8.07. The van der Waals surface area contributed by atoms with Gasteiger partial charge in [-0.2, -0.15) is 0 Å². The highest BCUT2D eigenvalue weighted by Gasteiger charge is 2.20. The number of hydrogen-bond acceptors (Lipinski definition) is 5. The summed E-state index contributed by atoms with van der Waals surface area (Å²) in [6, 6.07) is 15.8. The molecule has 0 aliphatic heterocycles. The molecule has 0 unspecified atom stereocenters. The van der Waals surface area contributed by atoms with Gasteiger partial charge in [0.15, 0.2) is 11.3 Å². The lowest BCUT2D eigenvalue weighted by atomic mass is 10.1. The number of fused-ring (bicyclic) bond motifs is 4. The molecule has 0 aliphatic rings. The van der Waals surface area contributed by atoms with E-state index in [1.807, 2.05) is 47.9 Å².